The fourth-order valence-corrected chi connectivity index (χ4v) is 3.28. The van der Waals surface area contributed by atoms with Crippen LogP contribution in [0, 0.1) is 6.92 Å². The first kappa shape index (κ1) is 20.8. The summed E-state index contributed by atoms with van der Waals surface area (Å²) in [5, 5.41) is 3.29. The average molecular weight is 417 g/mol. The molecule has 0 radical (unpaired) electrons. The number of rotatable bonds is 7. The summed E-state index contributed by atoms with van der Waals surface area (Å²) in [5.74, 6) is -0.768. The molecule has 0 aromatic heterocycles. The summed E-state index contributed by atoms with van der Waals surface area (Å²) >= 11 is 6.10. The van der Waals surface area contributed by atoms with Crippen molar-refractivity contribution in [1.29, 1.82) is 0 Å². The maximum atomic E-state index is 12.7. The monoisotopic (exact) mass is 416 g/mol. The van der Waals surface area contributed by atoms with Gasteiger partial charge in [-0.2, -0.15) is 0 Å². The molecule has 1 aliphatic rings. The Bertz CT molecular complexity index is 989. The van der Waals surface area contributed by atoms with Crippen molar-refractivity contribution in [2.24, 2.45) is 0 Å². The predicted molar refractivity (Wildman–Crippen MR) is 109 cm³/mol. The minimum atomic E-state index is -0.425. The fraction of sp³-hybridized carbons (Fsp3) is 0.286. The van der Waals surface area contributed by atoms with Crippen molar-refractivity contribution in [2.45, 2.75) is 13.3 Å². The van der Waals surface area contributed by atoms with E-state index in [1.54, 1.807) is 19.2 Å². The lowest BCUT2D eigenvalue weighted by Gasteiger charge is -2.13. The van der Waals surface area contributed by atoms with Crippen molar-refractivity contribution in [3.8, 4) is 5.75 Å². The van der Waals surface area contributed by atoms with Crippen LogP contribution in [-0.4, -0.2) is 50.0 Å². The minimum Gasteiger partial charge on any atom is -0.495 e. The third kappa shape index (κ3) is 4.11. The first-order chi connectivity index (χ1) is 13.9. The fourth-order valence-electron chi connectivity index (χ4n) is 3.13. The summed E-state index contributed by atoms with van der Waals surface area (Å²) in [6.07, 6.45) is 0.547. The van der Waals surface area contributed by atoms with E-state index in [4.69, 9.17) is 21.1 Å². The third-order valence-corrected chi connectivity index (χ3v) is 5.10. The summed E-state index contributed by atoms with van der Waals surface area (Å²) in [7, 11) is 3.04. The molecule has 0 spiro atoms. The molecular formula is C21H21ClN2O5. The van der Waals surface area contributed by atoms with E-state index in [-0.39, 0.29) is 23.6 Å². The van der Waals surface area contributed by atoms with E-state index in [1.165, 1.54) is 30.2 Å². The van der Waals surface area contributed by atoms with Gasteiger partial charge in [-0.05, 0) is 43.2 Å². The van der Waals surface area contributed by atoms with Crippen LogP contribution in [-0.2, 0) is 4.74 Å². The smallest absolute Gasteiger partial charge is 0.261 e. The Hall–Kier alpha value is -2.90. The molecule has 0 unspecified atom stereocenters. The van der Waals surface area contributed by atoms with Gasteiger partial charge in [-0.3, -0.25) is 19.3 Å². The van der Waals surface area contributed by atoms with Crippen LogP contribution in [0.3, 0.4) is 0 Å². The van der Waals surface area contributed by atoms with Crippen molar-refractivity contribution >= 4 is 35.0 Å². The third-order valence-electron chi connectivity index (χ3n) is 4.69. The molecule has 0 bridgehead atoms. The van der Waals surface area contributed by atoms with E-state index < -0.39 is 11.8 Å². The van der Waals surface area contributed by atoms with Crippen LogP contribution < -0.4 is 10.1 Å². The van der Waals surface area contributed by atoms with E-state index in [2.05, 4.69) is 5.32 Å². The lowest BCUT2D eigenvalue weighted by atomic mass is 10.1. The molecule has 2 aromatic carbocycles. The maximum absolute atomic E-state index is 12.7. The van der Waals surface area contributed by atoms with Crippen molar-refractivity contribution in [2.75, 3.05) is 32.7 Å². The van der Waals surface area contributed by atoms with Crippen molar-refractivity contribution in [1.82, 2.24) is 4.90 Å². The van der Waals surface area contributed by atoms with E-state index in [0.717, 1.165) is 5.56 Å². The molecule has 0 saturated heterocycles. The van der Waals surface area contributed by atoms with Crippen LogP contribution in [0.5, 0.6) is 5.75 Å². The molecule has 1 N–H and O–H groups in total. The lowest BCUT2D eigenvalue weighted by molar-refractivity contribution is 0.0638. The highest BCUT2D eigenvalue weighted by Gasteiger charge is 2.35. The molecule has 0 atom stereocenters. The number of benzene rings is 2. The van der Waals surface area contributed by atoms with Gasteiger partial charge in [0.15, 0.2) is 0 Å². The topological polar surface area (TPSA) is 84.9 Å². The Labute approximate surface area is 173 Å². The van der Waals surface area contributed by atoms with Crippen molar-refractivity contribution < 1.29 is 23.9 Å². The Morgan fingerprint density at radius 3 is 2.52 bits per heavy atom. The molecule has 3 amide bonds. The van der Waals surface area contributed by atoms with Gasteiger partial charge in [0, 0.05) is 36.9 Å². The number of nitrogens with zero attached hydrogens (tertiary/aromatic N) is 1. The molecule has 0 saturated carbocycles. The first-order valence-corrected chi connectivity index (χ1v) is 9.39. The van der Waals surface area contributed by atoms with Crippen LogP contribution >= 0.6 is 11.6 Å². The van der Waals surface area contributed by atoms with Gasteiger partial charge in [0.05, 0.1) is 23.9 Å². The Kier molecular flexibility index (Phi) is 6.20. The van der Waals surface area contributed by atoms with Crippen LogP contribution in [0.2, 0.25) is 5.02 Å². The molecule has 0 aliphatic carbocycles. The van der Waals surface area contributed by atoms with Gasteiger partial charge < -0.3 is 14.8 Å². The highest BCUT2D eigenvalue weighted by molar-refractivity contribution is 6.31. The molecule has 8 heteroatoms. The Morgan fingerprint density at radius 1 is 1.10 bits per heavy atom. The molecule has 1 heterocycles. The number of hydrogen-bond acceptors (Lipinski definition) is 5. The number of hydrogen-bond donors (Lipinski definition) is 1. The van der Waals surface area contributed by atoms with Crippen LogP contribution in [0.15, 0.2) is 30.3 Å². The van der Waals surface area contributed by atoms with Gasteiger partial charge in [0.2, 0.25) is 0 Å². The SMILES string of the molecule is COCCCN1C(=O)c2ccc(C(=O)Nc3cc(C)c(Cl)cc3OC)cc2C1=O. The van der Waals surface area contributed by atoms with Crippen molar-refractivity contribution in [3.63, 3.8) is 0 Å². The summed E-state index contributed by atoms with van der Waals surface area (Å²) in [4.78, 5) is 39.0. The number of nitrogens with one attached hydrogen (secondary N) is 1. The Balaban J connectivity index is 1.83. The molecule has 1 aliphatic heterocycles. The predicted octanol–water partition coefficient (Wildman–Crippen LogP) is 3.54. The Morgan fingerprint density at radius 2 is 1.83 bits per heavy atom. The number of imide groups is 1. The highest BCUT2D eigenvalue weighted by Crippen LogP contribution is 2.31. The van der Waals surface area contributed by atoms with Crippen LogP contribution in [0.4, 0.5) is 5.69 Å². The van der Waals surface area contributed by atoms with Crippen LogP contribution in [0.1, 0.15) is 43.1 Å². The molecule has 3 rings (SSSR count). The van der Waals surface area contributed by atoms with Gasteiger partial charge in [0.25, 0.3) is 17.7 Å². The van der Waals surface area contributed by atoms with Crippen LogP contribution in [0.25, 0.3) is 0 Å². The zero-order valence-corrected chi connectivity index (χ0v) is 17.1. The molecule has 0 fully saturated rings. The molecular weight excluding hydrogens is 396 g/mol. The summed E-state index contributed by atoms with van der Waals surface area (Å²) < 4.78 is 10.2. The number of fused-ring (bicyclic) bond motifs is 1. The number of ether oxygens (including phenoxy) is 2. The minimum absolute atomic E-state index is 0.222. The van der Waals surface area contributed by atoms with Gasteiger partial charge in [-0.1, -0.05) is 11.6 Å². The van der Waals surface area contributed by atoms with Crippen molar-refractivity contribution in [3.05, 3.63) is 57.6 Å². The first-order valence-electron chi connectivity index (χ1n) is 9.02. The molecule has 29 heavy (non-hydrogen) atoms. The number of carbonyl (C=O) groups excluding carboxylic acids is 3. The van der Waals surface area contributed by atoms with Gasteiger partial charge in [0.1, 0.15) is 5.75 Å². The standard InChI is InChI=1S/C21H21ClN2O5/c1-12-9-17(18(29-3)11-16(12)22)23-19(25)13-5-6-14-15(10-13)21(27)24(20(14)26)7-4-8-28-2/h5-6,9-11H,4,7-8H2,1-3H3,(H,23,25). The second kappa shape index (κ2) is 8.63. The number of aryl methyl sites for hydroxylation is 1. The number of halogens is 1. The number of carbonyl (C=O) groups is 3. The number of methoxy groups -OCH3 is 2. The van der Waals surface area contributed by atoms with E-state index in [9.17, 15) is 14.4 Å². The van der Waals surface area contributed by atoms with Gasteiger partial charge >= 0.3 is 0 Å². The normalized spacial score (nSPS) is 12.9. The second-order valence-corrected chi connectivity index (χ2v) is 7.03. The average Bonchev–Trinajstić information content (AvgIpc) is 2.95. The van der Waals surface area contributed by atoms with Gasteiger partial charge in [-0.15, -0.1) is 0 Å². The van der Waals surface area contributed by atoms with E-state index in [1.807, 2.05) is 6.92 Å². The number of amides is 3. The van der Waals surface area contributed by atoms with E-state index in [0.29, 0.717) is 35.1 Å². The highest BCUT2D eigenvalue weighted by atomic mass is 35.5. The number of anilines is 1. The van der Waals surface area contributed by atoms with Gasteiger partial charge in [-0.25, -0.2) is 0 Å². The quantitative estimate of drug-likeness (QED) is 0.551. The second-order valence-electron chi connectivity index (χ2n) is 6.62. The van der Waals surface area contributed by atoms with E-state index >= 15 is 0 Å². The largest absolute Gasteiger partial charge is 0.495 e. The summed E-state index contributed by atoms with van der Waals surface area (Å²) in [6, 6.07) is 7.79. The summed E-state index contributed by atoms with van der Waals surface area (Å²) in [5.41, 5.74) is 2.02. The maximum Gasteiger partial charge on any atom is 0.261 e. The molecule has 152 valence electrons. The molecule has 2 aromatic rings. The summed E-state index contributed by atoms with van der Waals surface area (Å²) in [6.45, 7) is 2.53. The zero-order valence-electron chi connectivity index (χ0n) is 16.4. The zero-order chi connectivity index (χ0) is 21.1. The molecule has 7 nitrogen and oxygen atoms in total. The lowest BCUT2D eigenvalue weighted by Crippen LogP contribution is -2.31.